The Morgan fingerprint density at radius 3 is 2.80 bits per heavy atom. The Hall–Kier alpha value is -1.71. The van der Waals surface area contributed by atoms with E-state index in [9.17, 15) is 4.79 Å². The number of carbonyl (C=O) groups excluding carboxylic acids is 1. The van der Waals surface area contributed by atoms with E-state index in [1.807, 2.05) is 13.0 Å². The van der Waals surface area contributed by atoms with Gasteiger partial charge in [0.25, 0.3) is 5.91 Å². The summed E-state index contributed by atoms with van der Waals surface area (Å²) in [7, 11) is 0. The normalized spacial score (nSPS) is 20.6. The zero-order valence-electron chi connectivity index (χ0n) is 12.6. The van der Waals surface area contributed by atoms with Gasteiger partial charge in [0.1, 0.15) is 0 Å². The van der Waals surface area contributed by atoms with Crippen LogP contribution in [0.3, 0.4) is 0 Å². The molecule has 4 nitrogen and oxygen atoms in total. The number of nitrogens with two attached hydrogens (primary N) is 1. The van der Waals surface area contributed by atoms with Crippen LogP contribution in [0.5, 0.6) is 0 Å². The first-order chi connectivity index (χ1) is 9.44. The van der Waals surface area contributed by atoms with E-state index in [1.165, 1.54) is 12.8 Å². The number of nitrogen functional groups attached to an aromatic ring is 1. The lowest BCUT2D eigenvalue weighted by Gasteiger charge is -2.29. The molecule has 1 aliphatic carbocycles. The zero-order chi connectivity index (χ0) is 14.8. The number of rotatable bonds is 4. The summed E-state index contributed by atoms with van der Waals surface area (Å²) in [6, 6.07) is 5.82. The van der Waals surface area contributed by atoms with E-state index < -0.39 is 0 Å². The molecule has 0 heterocycles. The van der Waals surface area contributed by atoms with Gasteiger partial charge in [-0.3, -0.25) is 4.79 Å². The second-order valence-corrected chi connectivity index (χ2v) is 6.24. The zero-order valence-corrected chi connectivity index (χ0v) is 12.6. The van der Waals surface area contributed by atoms with E-state index >= 15 is 0 Å². The molecule has 2 rings (SSSR count). The summed E-state index contributed by atoms with van der Waals surface area (Å²) in [6.07, 6.45) is 3.57. The minimum atomic E-state index is -0.0502. The summed E-state index contributed by atoms with van der Waals surface area (Å²) in [5.41, 5.74) is 8.32. The van der Waals surface area contributed by atoms with Gasteiger partial charge in [-0.1, -0.05) is 20.3 Å². The summed E-state index contributed by atoms with van der Waals surface area (Å²) < 4.78 is 0. The molecule has 1 unspecified atom stereocenters. The van der Waals surface area contributed by atoms with Crippen molar-refractivity contribution in [3.8, 4) is 0 Å². The molecule has 0 saturated heterocycles. The van der Waals surface area contributed by atoms with Crippen molar-refractivity contribution in [1.82, 2.24) is 5.32 Å². The molecule has 1 fully saturated rings. The first-order valence-corrected chi connectivity index (χ1v) is 7.38. The Bertz CT molecular complexity index is 496. The van der Waals surface area contributed by atoms with E-state index in [2.05, 4.69) is 24.5 Å². The largest absolute Gasteiger partial charge is 0.399 e. The van der Waals surface area contributed by atoms with Crippen LogP contribution in [0, 0.1) is 5.41 Å². The maximum Gasteiger partial charge on any atom is 0.253 e. The predicted octanol–water partition coefficient (Wildman–Crippen LogP) is 3.01. The van der Waals surface area contributed by atoms with Gasteiger partial charge in [0, 0.05) is 24.0 Å². The minimum Gasteiger partial charge on any atom is -0.399 e. The predicted molar refractivity (Wildman–Crippen MR) is 83.9 cm³/mol. The van der Waals surface area contributed by atoms with Gasteiger partial charge >= 0.3 is 0 Å². The highest BCUT2D eigenvalue weighted by Gasteiger charge is 2.34. The van der Waals surface area contributed by atoms with Gasteiger partial charge in [0.05, 0.1) is 5.56 Å². The summed E-state index contributed by atoms with van der Waals surface area (Å²) in [4.78, 5) is 12.1. The first kappa shape index (κ1) is 14.7. The Balaban J connectivity index is 2.25. The lowest BCUT2D eigenvalue weighted by atomic mass is 9.87. The van der Waals surface area contributed by atoms with Crippen molar-refractivity contribution in [3.05, 3.63) is 23.8 Å². The molecule has 1 amide bonds. The van der Waals surface area contributed by atoms with Crippen molar-refractivity contribution < 1.29 is 4.79 Å². The van der Waals surface area contributed by atoms with Crippen LogP contribution in [0.2, 0.25) is 0 Å². The molecule has 4 heteroatoms. The molecule has 20 heavy (non-hydrogen) atoms. The van der Waals surface area contributed by atoms with Gasteiger partial charge in [-0.25, -0.2) is 0 Å². The molecule has 0 aromatic heterocycles. The van der Waals surface area contributed by atoms with E-state index in [0.717, 1.165) is 12.1 Å². The first-order valence-electron chi connectivity index (χ1n) is 7.38. The number of amides is 1. The maximum absolute atomic E-state index is 12.1. The number of hydrogen-bond donors (Lipinski definition) is 3. The van der Waals surface area contributed by atoms with Crippen molar-refractivity contribution >= 4 is 17.3 Å². The van der Waals surface area contributed by atoms with Crippen LogP contribution in [0.25, 0.3) is 0 Å². The number of nitrogens with one attached hydrogen (secondary N) is 2. The SMILES string of the molecule is CCNC(=O)c1ccc(N)cc1NC1CCCC1(C)C. The summed E-state index contributed by atoms with van der Waals surface area (Å²) in [5, 5.41) is 6.39. The Labute approximate surface area is 121 Å². The van der Waals surface area contributed by atoms with E-state index in [-0.39, 0.29) is 11.3 Å². The Kier molecular flexibility index (Phi) is 4.21. The van der Waals surface area contributed by atoms with Crippen LogP contribution in [0.15, 0.2) is 18.2 Å². The van der Waals surface area contributed by atoms with E-state index in [0.29, 0.717) is 23.8 Å². The average Bonchev–Trinajstić information content (AvgIpc) is 2.69. The van der Waals surface area contributed by atoms with Crippen LogP contribution >= 0.6 is 0 Å². The van der Waals surface area contributed by atoms with Gasteiger partial charge in [0.15, 0.2) is 0 Å². The number of hydrogen-bond acceptors (Lipinski definition) is 3. The summed E-state index contributed by atoms with van der Waals surface area (Å²) >= 11 is 0. The van der Waals surface area contributed by atoms with Crippen LogP contribution in [-0.4, -0.2) is 18.5 Å². The van der Waals surface area contributed by atoms with E-state index in [1.54, 1.807) is 12.1 Å². The molecule has 0 bridgehead atoms. The molecule has 0 radical (unpaired) electrons. The molecule has 1 saturated carbocycles. The highest BCUT2D eigenvalue weighted by atomic mass is 16.1. The van der Waals surface area contributed by atoms with Crippen LogP contribution in [-0.2, 0) is 0 Å². The fourth-order valence-corrected chi connectivity index (χ4v) is 2.92. The molecular weight excluding hydrogens is 250 g/mol. The quantitative estimate of drug-likeness (QED) is 0.740. The Morgan fingerprint density at radius 2 is 2.20 bits per heavy atom. The fraction of sp³-hybridized carbons (Fsp3) is 0.562. The fourth-order valence-electron chi connectivity index (χ4n) is 2.92. The summed E-state index contributed by atoms with van der Waals surface area (Å²) in [5.74, 6) is -0.0502. The molecule has 1 aromatic rings. The van der Waals surface area contributed by atoms with Crippen molar-refractivity contribution in [2.24, 2.45) is 5.41 Å². The number of anilines is 2. The molecular formula is C16H25N3O. The maximum atomic E-state index is 12.1. The van der Waals surface area contributed by atoms with Crippen molar-refractivity contribution in [2.75, 3.05) is 17.6 Å². The second-order valence-electron chi connectivity index (χ2n) is 6.24. The third kappa shape index (κ3) is 3.06. The molecule has 110 valence electrons. The van der Waals surface area contributed by atoms with Gasteiger partial charge in [-0.05, 0) is 43.4 Å². The van der Waals surface area contributed by atoms with Crippen LogP contribution in [0.4, 0.5) is 11.4 Å². The minimum absolute atomic E-state index is 0.0502. The summed E-state index contributed by atoms with van der Waals surface area (Å²) in [6.45, 7) is 7.09. The number of benzene rings is 1. The molecule has 0 spiro atoms. The average molecular weight is 275 g/mol. The van der Waals surface area contributed by atoms with Crippen molar-refractivity contribution in [2.45, 2.75) is 46.1 Å². The standard InChI is InChI=1S/C16H25N3O/c1-4-18-15(20)12-8-7-11(17)10-13(12)19-14-6-5-9-16(14,2)3/h7-8,10,14,19H,4-6,9,17H2,1-3H3,(H,18,20). The van der Waals surface area contributed by atoms with E-state index in [4.69, 9.17) is 5.73 Å². The highest BCUT2D eigenvalue weighted by molar-refractivity contribution is 6.00. The van der Waals surface area contributed by atoms with Gasteiger partial charge in [0.2, 0.25) is 0 Å². The monoisotopic (exact) mass is 275 g/mol. The third-order valence-corrected chi connectivity index (χ3v) is 4.21. The van der Waals surface area contributed by atoms with Crippen molar-refractivity contribution in [1.29, 1.82) is 0 Å². The van der Waals surface area contributed by atoms with Crippen LogP contribution in [0.1, 0.15) is 50.4 Å². The number of carbonyl (C=O) groups is 1. The second kappa shape index (κ2) is 5.73. The lowest BCUT2D eigenvalue weighted by molar-refractivity contribution is 0.0956. The smallest absolute Gasteiger partial charge is 0.253 e. The topological polar surface area (TPSA) is 67.2 Å². The van der Waals surface area contributed by atoms with Crippen LogP contribution < -0.4 is 16.4 Å². The van der Waals surface area contributed by atoms with Crippen molar-refractivity contribution in [3.63, 3.8) is 0 Å². The molecule has 1 atom stereocenters. The van der Waals surface area contributed by atoms with Gasteiger partial charge < -0.3 is 16.4 Å². The molecule has 1 aromatic carbocycles. The lowest BCUT2D eigenvalue weighted by Crippen LogP contribution is -2.32. The molecule has 1 aliphatic rings. The third-order valence-electron chi connectivity index (χ3n) is 4.21. The highest BCUT2D eigenvalue weighted by Crippen LogP contribution is 2.39. The Morgan fingerprint density at radius 1 is 1.45 bits per heavy atom. The van der Waals surface area contributed by atoms with Gasteiger partial charge in [-0.2, -0.15) is 0 Å². The molecule has 0 aliphatic heterocycles. The van der Waals surface area contributed by atoms with Gasteiger partial charge in [-0.15, -0.1) is 0 Å². The molecule has 4 N–H and O–H groups in total.